The lowest BCUT2D eigenvalue weighted by Crippen LogP contribution is -2.25. The van der Waals surface area contributed by atoms with Crippen LogP contribution >= 0.6 is 0 Å². The van der Waals surface area contributed by atoms with E-state index in [1.165, 1.54) is 0 Å². The molecule has 36 heavy (non-hydrogen) atoms. The first-order valence-corrected chi connectivity index (χ1v) is 13.6. The molecular formula is C30H44N2O4. The van der Waals surface area contributed by atoms with Crippen molar-refractivity contribution >= 4 is 11.8 Å². The third kappa shape index (κ3) is 15.8. The van der Waals surface area contributed by atoms with Gasteiger partial charge in [0.25, 0.3) is 0 Å². The van der Waals surface area contributed by atoms with E-state index in [-0.39, 0.29) is 11.8 Å². The monoisotopic (exact) mass is 496 g/mol. The van der Waals surface area contributed by atoms with Crippen molar-refractivity contribution in [1.82, 2.24) is 10.6 Å². The van der Waals surface area contributed by atoms with Crippen molar-refractivity contribution in [3.63, 3.8) is 0 Å². The highest BCUT2D eigenvalue weighted by Gasteiger charge is 2.04. The summed E-state index contributed by atoms with van der Waals surface area (Å²) >= 11 is 0. The molecule has 2 N–H and O–H groups in total. The summed E-state index contributed by atoms with van der Waals surface area (Å²) in [5.41, 5.74) is 0. The molecule has 0 saturated heterocycles. The lowest BCUT2D eigenvalue weighted by atomic mass is 10.1. The number of amides is 2. The number of benzene rings is 2. The standard InChI is InChI=1S/C30H44N2O4/c33-29(31-23-13-1-3-15-25-35-27-17-7-5-8-18-27)21-11-12-22-30(34)32-24-14-2-4-16-26-36-28-19-9-6-10-20-28/h5-10,17-20H,1-4,11-16,21-26H2,(H,31,33)(H,32,34). The van der Waals surface area contributed by atoms with Gasteiger partial charge < -0.3 is 20.1 Å². The van der Waals surface area contributed by atoms with E-state index < -0.39 is 0 Å². The van der Waals surface area contributed by atoms with Gasteiger partial charge in [-0.3, -0.25) is 9.59 Å². The van der Waals surface area contributed by atoms with Crippen LogP contribution < -0.4 is 20.1 Å². The van der Waals surface area contributed by atoms with Crippen LogP contribution in [0.25, 0.3) is 0 Å². The maximum absolute atomic E-state index is 11.9. The number of nitrogens with one attached hydrogen (secondary N) is 2. The minimum Gasteiger partial charge on any atom is -0.494 e. The fourth-order valence-electron chi connectivity index (χ4n) is 3.78. The van der Waals surface area contributed by atoms with Crippen LogP contribution in [0.3, 0.4) is 0 Å². The maximum Gasteiger partial charge on any atom is 0.219 e. The highest BCUT2D eigenvalue weighted by molar-refractivity contribution is 5.77. The Morgan fingerprint density at radius 1 is 0.500 bits per heavy atom. The molecule has 0 fully saturated rings. The minimum absolute atomic E-state index is 0.0825. The van der Waals surface area contributed by atoms with Crippen LogP contribution in [0.4, 0.5) is 0 Å². The van der Waals surface area contributed by atoms with Gasteiger partial charge in [0.05, 0.1) is 13.2 Å². The summed E-state index contributed by atoms with van der Waals surface area (Å²) in [7, 11) is 0. The molecule has 2 rings (SSSR count). The molecule has 6 nitrogen and oxygen atoms in total. The molecule has 0 radical (unpaired) electrons. The second kappa shape index (κ2) is 20.2. The third-order valence-electron chi connectivity index (χ3n) is 5.87. The summed E-state index contributed by atoms with van der Waals surface area (Å²) < 4.78 is 11.4. The first-order chi connectivity index (χ1) is 17.7. The van der Waals surface area contributed by atoms with E-state index in [1.807, 2.05) is 60.7 Å². The molecule has 0 unspecified atom stereocenters. The van der Waals surface area contributed by atoms with Crippen LogP contribution in [0, 0.1) is 0 Å². The summed E-state index contributed by atoms with van der Waals surface area (Å²) in [4.78, 5) is 23.9. The number of para-hydroxylation sites is 2. The van der Waals surface area contributed by atoms with Gasteiger partial charge in [-0.2, -0.15) is 0 Å². The summed E-state index contributed by atoms with van der Waals surface area (Å²) in [5.74, 6) is 2.00. The second-order valence-electron chi connectivity index (χ2n) is 9.06. The Labute approximate surface area is 217 Å². The van der Waals surface area contributed by atoms with Gasteiger partial charge in [-0.1, -0.05) is 62.1 Å². The molecule has 2 aromatic carbocycles. The van der Waals surface area contributed by atoms with Crippen LogP contribution in [-0.2, 0) is 9.59 Å². The van der Waals surface area contributed by atoms with E-state index in [0.717, 1.165) is 102 Å². The lowest BCUT2D eigenvalue weighted by Gasteiger charge is -2.07. The fourth-order valence-corrected chi connectivity index (χ4v) is 3.78. The number of hydrogen-bond donors (Lipinski definition) is 2. The Bertz CT molecular complexity index is 745. The molecule has 0 aliphatic carbocycles. The first-order valence-electron chi connectivity index (χ1n) is 13.6. The number of unbranched alkanes of at least 4 members (excludes halogenated alkanes) is 7. The summed E-state index contributed by atoms with van der Waals surface area (Å²) in [6.07, 6.45) is 10.9. The molecule has 2 aromatic rings. The highest BCUT2D eigenvalue weighted by Crippen LogP contribution is 2.10. The molecule has 0 heterocycles. The lowest BCUT2D eigenvalue weighted by molar-refractivity contribution is -0.123. The van der Waals surface area contributed by atoms with Gasteiger partial charge in [0.1, 0.15) is 11.5 Å². The maximum atomic E-state index is 11.9. The van der Waals surface area contributed by atoms with E-state index >= 15 is 0 Å². The number of hydrogen-bond acceptors (Lipinski definition) is 4. The number of carbonyl (C=O) groups excluding carboxylic acids is 2. The molecule has 0 spiro atoms. The summed E-state index contributed by atoms with van der Waals surface area (Å²) in [6, 6.07) is 19.7. The SMILES string of the molecule is O=C(CCCCC(=O)NCCCCCCOc1ccccc1)NCCCCCCOc1ccccc1. The first kappa shape index (κ1) is 29.2. The van der Waals surface area contributed by atoms with Gasteiger partial charge in [0.2, 0.25) is 11.8 Å². The zero-order chi connectivity index (χ0) is 25.5. The van der Waals surface area contributed by atoms with Crippen molar-refractivity contribution in [3.05, 3.63) is 60.7 Å². The Morgan fingerprint density at radius 3 is 1.31 bits per heavy atom. The van der Waals surface area contributed by atoms with Gasteiger partial charge in [-0.15, -0.1) is 0 Å². The van der Waals surface area contributed by atoms with Crippen molar-refractivity contribution in [3.8, 4) is 11.5 Å². The zero-order valence-electron chi connectivity index (χ0n) is 21.7. The smallest absolute Gasteiger partial charge is 0.219 e. The highest BCUT2D eigenvalue weighted by atomic mass is 16.5. The van der Waals surface area contributed by atoms with Crippen molar-refractivity contribution in [1.29, 1.82) is 0 Å². The molecule has 0 atom stereocenters. The summed E-state index contributed by atoms with van der Waals surface area (Å²) in [6.45, 7) is 2.90. The molecular weight excluding hydrogens is 452 g/mol. The predicted octanol–water partition coefficient (Wildman–Crippen LogP) is 6.06. The average Bonchev–Trinajstić information content (AvgIpc) is 2.91. The van der Waals surface area contributed by atoms with E-state index in [0.29, 0.717) is 12.8 Å². The molecule has 0 aliphatic heterocycles. The number of rotatable bonds is 21. The third-order valence-corrected chi connectivity index (χ3v) is 5.87. The number of carbonyl (C=O) groups is 2. The van der Waals surface area contributed by atoms with Crippen LogP contribution in [0.1, 0.15) is 77.0 Å². The Balaban J connectivity index is 1.29. The second-order valence-corrected chi connectivity index (χ2v) is 9.06. The van der Waals surface area contributed by atoms with E-state index in [2.05, 4.69) is 10.6 Å². The van der Waals surface area contributed by atoms with Crippen LogP contribution in [0.15, 0.2) is 60.7 Å². The topological polar surface area (TPSA) is 76.7 Å². The predicted molar refractivity (Wildman–Crippen MR) is 145 cm³/mol. The van der Waals surface area contributed by atoms with E-state index in [1.54, 1.807) is 0 Å². The average molecular weight is 497 g/mol. The normalized spacial score (nSPS) is 10.6. The van der Waals surface area contributed by atoms with Gasteiger partial charge in [-0.05, 0) is 62.8 Å². The zero-order valence-corrected chi connectivity index (χ0v) is 21.7. The van der Waals surface area contributed by atoms with E-state index in [9.17, 15) is 9.59 Å². The molecule has 0 saturated carbocycles. The molecule has 198 valence electrons. The summed E-state index contributed by atoms with van der Waals surface area (Å²) in [5, 5.41) is 5.96. The largest absolute Gasteiger partial charge is 0.494 e. The van der Waals surface area contributed by atoms with E-state index in [4.69, 9.17) is 9.47 Å². The Hall–Kier alpha value is -3.02. The van der Waals surface area contributed by atoms with Crippen LogP contribution in [0.2, 0.25) is 0 Å². The van der Waals surface area contributed by atoms with Gasteiger partial charge >= 0.3 is 0 Å². The van der Waals surface area contributed by atoms with Crippen LogP contribution in [0.5, 0.6) is 11.5 Å². The molecule has 0 aliphatic rings. The van der Waals surface area contributed by atoms with Gasteiger partial charge in [-0.25, -0.2) is 0 Å². The van der Waals surface area contributed by atoms with Crippen molar-refractivity contribution in [2.24, 2.45) is 0 Å². The molecule has 2 amide bonds. The van der Waals surface area contributed by atoms with Crippen molar-refractivity contribution in [2.75, 3.05) is 26.3 Å². The van der Waals surface area contributed by atoms with Crippen molar-refractivity contribution < 1.29 is 19.1 Å². The molecule has 0 aromatic heterocycles. The Morgan fingerprint density at radius 2 is 0.889 bits per heavy atom. The minimum atomic E-state index is 0.0825. The van der Waals surface area contributed by atoms with Crippen LogP contribution in [-0.4, -0.2) is 38.1 Å². The van der Waals surface area contributed by atoms with Crippen molar-refractivity contribution in [2.45, 2.75) is 77.0 Å². The quantitative estimate of drug-likeness (QED) is 0.206. The fraction of sp³-hybridized carbons (Fsp3) is 0.533. The van der Waals surface area contributed by atoms with Gasteiger partial charge in [0, 0.05) is 25.9 Å². The number of ether oxygens (including phenoxy) is 2. The Kier molecular flexibility index (Phi) is 16.4. The molecule has 0 bridgehead atoms. The van der Waals surface area contributed by atoms with Gasteiger partial charge in [0.15, 0.2) is 0 Å². The molecule has 6 heteroatoms.